The van der Waals surface area contributed by atoms with Gasteiger partial charge in [-0.2, -0.15) is 17.6 Å². The average molecular weight is 1870 g/mol. The lowest BCUT2D eigenvalue weighted by Gasteiger charge is -2.23. The minimum absolute atomic E-state index is 0.158. The van der Waals surface area contributed by atoms with Crippen LogP contribution in [0.15, 0.2) is 288 Å². The highest BCUT2D eigenvalue weighted by atomic mass is 32.2. The maximum absolute atomic E-state index is 13.8. The Labute approximate surface area is 745 Å². The molecule has 3 aliphatic rings. The first kappa shape index (κ1) is 98.4. The van der Waals surface area contributed by atoms with Crippen molar-refractivity contribution in [2.45, 2.75) is 175 Å². The molecule has 3 aliphatic heterocycles. The maximum atomic E-state index is 13.8. The zero-order valence-corrected chi connectivity index (χ0v) is 75.4. The summed E-state index contributed by atoms with van der Waals surface area (Å²) in [7, 11) is -13.1. The van der Waals surface area contributed by atoms with E-state index < -0.39 is 114 Å². The molecule has 0 N–H and O–H groups in total. The molecule has 3 unspecified atom stereocenters. The lowest BCUT2D eigenvalue weighted by Crippen LogP contribution is -2.39. The predicted octanol–water partition coefficient (Wildman–Crippen LogP) is 20.6. The van der Waals surface area contributed by atoms with Crippen LogP contribution in [0.2, 0.25) is 0 Å². The SMILES string of the molecule is CC(OC(=O)c1ccc([S+](c2ccccc2)c2ccccc2)cc1)c1ccccc1.CC1(C)CC(Oc2ccc([S+]3c4ccccc4Sc4ccccc43)cc2)C(=O)O1.CCC(C)(C)C(=O)OCCOC(=O)C(F)(F)S(=O)(=O)[O-].CCC(C)(C)C(=O)OCCOC(=O)C(F)(F)S(=O)(=O)[O-].Fc1ccc2c(c1)c1cc(F)ccc1[s+]2-c1ccc(OC2CCCCO2)cc1. The number of alkyl halides is 4. The monoisotopic (exact) mass is 1860 g/mol. The molecule has 21 nitrogen and oxygen atoms in total. The molecule has 1 aromatic heterocycles. The van der Waals surface area contributed by atoms with Crippen LogP contribution in [0.5, 0.6) is 11.5 Å². The lowest BCUT2D eigenvalue weighted by molar-refractivity contribution is -0.167. The van der Waals surface area contributed by atoms with Crippen LogP contribution in [0.4, 0.5) is 26.3 Å². The Bertz CT molecular complexity index is 5630. The lowest BCUT2D eigenvalue weighted by atomic mass is 9.91. The quantitative estimate of drug-likeness (QED) is 0.0121. The van der Waals surface area contributed by atoms with Gasteiger partial charge < -0.3 is 51.7 Å². The van der Waals surface area contributed by atoms with Crippen LogP contribution < -0.4 is 9.47 Å². The third-order valence-corrected chi connectivity index (χ3v) is 29.9. The Morgan fingerprint density at radius 2 is 0.937 bits per heavy atom. The second-order valence-electron chi connectivity index (χ2n) is 30.6. The van der Waals surface area contributed by atoms with E-state index in [4.69, 9.17) is 23.7 Å². The summed E-state index contributed by atoms with van der Waals surface area (Å²) < 4.78 is 187. The van der Waals surface area contributed by atoms with Gasteiger partial charge in [-0.05, 0) is 213 Å². The normalized spacial score (nSPS) is 15.2. The summed E-state index contributed by atoms with van der Waals surface area (Å²) in [5.41, 5.74) is -0.488. The number of benzene rings is 10. The van der Waals surface area contributed by atoms with Gasteiger partial charge in [0.2, 0.25) is 0 Å². The summed E-state index contributed by atoms with van der Waals surface area (Å²) in [6, 6.07) is 81.5. The topological polar surface area (TPSA) is 300 Å². The molecular formula is C94H93F6O21S6+. The Balaban J connectivity index is 0.000000168. The molecule has 33 heteroatoms. The van der Waals surface area contributed by atoms with Gasteiger partial charge in [0.1, 0.15) is 72.2 Å². The molecule has 4 heterocycles. The van der Waals surface area contributed by atoms with Crippen molar-refractivity contribution in [1.82, 2.24) is 0 Å². The van der Waals surface area contributed by atoms with Crippen LogP contribution in [0.25, 0.3) is 25.1 Å². The van der Waals surface area contributed by atoms with Gasteiger partial charge in [-0.1, -0.05) is 117 Å². The van der Waals surface area contributed by atoms with Crippen LogP contribution >= 0.6 is 22.2 Å². The number of rotatable bonds is 26. The van der Waals surface area contributed by atoms with Crippen LogP contribution in [0.3, 0.4) is 0 Å². The first-order valence-electron chi connectivity index (χ1n) is 40.0. The van der Waals surface area contributed by atoms with Crippen LogP contribution in [0, 0.1) is 22.5 Å². The van der Waals surface area contributed by atoms with Crippen molar-refractivity contribution >= 4 is 120 Å². The smallest absolute Gasteiger partial charge is 0.428 e. The van der Waals surface area contributed by atoms with Gasteiger partial charge in [0.05, 0.1) is 54.5 Å². The minimum atomic E-state index is -6.15. The van der Waals surface area contributed by atoms with Crippen molar-refractivity contribution in [2.24, 2.45) is 10.8 Å². The standard InChI is InChI=1S/C27H23O2S.C24H21O3S2.C23H19F2O2S.2C10H16F2O7S/c1-21(22-11-5-2-6-12-22)29-27(28)23-17-19-26(20-18-23)30(24-13-7-3-8-14-24)25-15-9-4-10-16-25;1-24(2)15-18(23(25)27-24)26-16-11-13-17(14-12-16)29-21-9-5-3-7-19(21)28-20-8-4-6-10-22(20)29;24-15-4-10-21-19(13-15)20-14-16(25)5-11-22(20)28(21)18-8-6-17(7-9-18)27-23-3-1-2-12-26-23;2*1-4-9(2,3)7(13)18-5-6-19-8(14)10(11,12)20(15,16)17/h2-21H,1H3;3-14,18H,15H2,1-2H3;4-11,13-14,23H,1-3,12H2;2*4-6H2,1-3H3,(H,15,16,17)/q3*+1;;/p-2. The van der Waals surface area contributed by atoms with Gasteiger partial charge in [0.25, 0.3) is 0 Å². The highest BCUT2D eigenvalue weighted by molar-refractivity contribution is 8.04. The Hall–Kier alpha value is -10.8. The molecule has 0 saturated carbocycles. The van der Waals surface area contributed by atoms with E-state index in [0.29, 0.717) is 30.6 Å². The number of esters is 6. The summed E-state index contributed by atoms with van der Waals surface area (Å²) in [6.45, 7) is 13.7. The van der Waals surface area contributed by atoms with Gasteiger partial charge in [0.15, 0.2) is 76.3 Å². The highest BCUT2D eigenvalue weighted by Crippen LogP contribution is 2.51. The third-order valence-electron chi connectivity index (χ3n) is 20.0. The second-order valence-corrected chi connectivity index (χ2v) is 40.5. The Morgan fingerprint density at radius 1 is 0.528 bits per heavy atom. The van der Waals surface area contributed by atoms with E-state index in [2.05, 4.69) is 128 Å². The van der Waals surface area contributed by atoms with E-state index in [1.807, 2.05) is 148 Å². The van der Waals surface area contributed by atoms with Crippen molar-refractivity contribution < 1.29 is 124 Å². The fraction of sp³-hybridized carbons (Fsp3) is 0.298. The number of hydrogen-bond donors (Lipinski definition) is 0. The van der Waals surface area contributed by atoms with Gasteiger partial charge >= 0.3 is 46.3 Å². The van der Waals surface area contributed by atoms with Crippen molar-refractivity contribution in [3.05, 3.63) is 271 Å². The van der Waals surface area contributed by atoms with Gasteiger partial charge in [-0.15, -0.1) is 0 Å². The first-order chi connectivity index (χ1) is 60.1. The molecule has 127 heavy (non-hydrogen) atoms. The molecule has 0 aliphatic carbocycles. The Kier molecular flexibility index (Phi) is 33.6. The van der Waals surface area contributed by atoms with Crippen LogP contribution in [-0.4, -0.2) is 123 Å². The Morgan fingerprint density at radius 3 is 1.35 bits per heavy atom. The molecule has 3 atom stereocenters. The molecule has 0 spiro atoms. The summed E-state index contributed by atoms with van der Waals surface area (Å²) in [4.78, 5) is 80.3. The molecule has 0 amide bonds. The van der Waals surface area contributed by atoms with Crippen LogP contribution in [-0.2, 0) is 99.2 Å². The summed E-state index contributed by atoms with van der Waals surface area (Å²) in [6.07, 6.45) is 3.61. The zero-order valence-electron chi connectivity index (χ0n) is 70.5. The fourth-order valence-corrected chi connectivity index (χ4v) is 21.0. The molecule has 14 rings (SSSR count). The number of carbonyl (C=O) groups is 6. The van der Waals surface area contributed by atoms with Crippen molar-refractivity contribution in [2.75, 3.05) is 33.0 Å². The average Bonchev–Trinajstić information content (AvgIpc) is 1.61. The van der Waals surface area contributed by atoms with Gasteiger partial charge in [0, 0.05) is 47.6 Å². The molecule has 2 fully saturated rings. The number of halogens is 6. The van der Waals surface area contributed by atoms with E-state index in [1.165, 1.54) is 63.4 Å². The van der Waals surface area contributed by atoms with Crippen LogP contribution in [0.1, 0.15) is 123 Å². The van der Waals surface area contributed by atoms with E-state index >= 15 is 0 Å². The largest absolute Gasteiger partial charge is 0.743 e. The molecule has 2 saturated heterocycles. The number of hydrogen-bond acceptors (Lipinski definition) is 22. The number of thiophene rings is 1. The molecule has 672 valence electrons. The minimum Gasteiger partial charge on any atom is -0.743 e. The fourth-order valence-electron chi connectivity index (χ4n) is 12.3. The maximum Gasteiger partial charge on any atom is 0.428 e. The summed E-state index contributed by atoms with van der Waals surface area (Å²) in [5.74, 6) is -5.99. The number of ether oxygens (including phenoxy) is 9. The molecule has 10 aromatic carbocycles. The van der Waals surface area contributed by atoms with E-state index in [9.17, 15) is 81.1 Å². The van der Waals surface area contributed by atoms with Gasteiger partial charge in [-0.25, -0.2) is 44.8 Å². The van der Waals surface area contributed by atoms with E-state index in [1.54, 1.807) is 41.5 Å². The van der Waals surface area contributed by atoms with E-state index in [-0.39, 0.29) is 57.8 Å². The molecular weight excluding hydrogens is 1770 g/mol. The predicted molar refractivity (Wildman–Crippen MR) is 467 cm³/mol. The number of fused-ring (bicyclic) bond motifs is 5. The highest BCUT2D eigenvalue weighted by Gasteiger charge is 2.50. The molecule has 0 radical (unpaired) electrons. The number of cyclic esters (lactones) is 1. The molecule has 11 aromatic rings. The van der Waals surface area contributed by atoms with Crippen molar-refractivity contribution in [1.29, 1.82) is 0 Å². The zero-order chi connectivity index (χ0) is 92.2. The van der Waals surface area contributed by atoms with E-state index in [0.717, 1.165) is 62.3 Å². The second kappa shape index (κ2) is 43.4. The summed E-state index contributed by atoms with van der Waals surface area (Å²) >= 11 is 1.84. The van der Waals surface area contributed by atoms with Crippen molar-refractivity contribution in [3.8, 4) is 16.4 Å². The number of carbonyl (C=O) groups excluding carboxylic acids is 6. The molecule has 0 bridgehead atoms. The first-order valence-corrected chi connectivity index (χ1v) is 47.3. The third kappa shape index (κ3) is 25.8. The van der Waals surface area contributed by atoms with Crippen molar-refractivity contribution in [3.63, 3.8) is 0 Å². The summed E-state index contributed by atoms with van der Waals surface area (Å²) in [5, 5.41) is -8.79. The van der Waals surface area contributed by atoms with Gasteiger partial charge in [-0.3, -0.25) is 9.59 Å².